The highest BCUT2D eigenvalue weighted by Gasteiger charge is 2.31. The van der Waals surface area contributed by atoms with Crippen molar-refractivity contribution in [2.45, 2.75) is 18.6 Å². The van der Waals surface area contributed by atoms with Gasteiger partial charge < -0.3 is 10.1 Å². The lowest BCUT2D eigenvalue weighted by Gasteiger charge is -2.33. The van der Waals surface area contributed by atoms with Gasteiger partial charge in [0.1, 0.15) is 0 Å². The number of anilines is 1. The molecule has 2 atom stereocenters. The number of carbonyl (C=O) groups is 1. The van der Waals surface area contributed by atoms with Crippen molar-refractivity contribution in [2.75, 3.05) is 5.32 Å². The molecule has 0 amide bonds. The van der Waals surface area contributed by atoms with Crippen LogP contribution in [0.5, 0.6) is 0 Å². The van der Waals surface area contributed by atoms with Gasteiger partial charge in [0.2, 0.25) is 0 Å². The van der Waals surface area contributed by atoms with Gasteiger partial charge >= 0.3 is 0 Å². The Morgan fingerprint density at radius 2 is 1.82 bits per heavy atom. The van der Waals surface area contributed by atoms with Crippen LogP contribution < -0.4 is 5.32 Å². The maximum atomic E-state index is 10.7. The van der Waals surface area contributed by atoms with E-state index in [0.717, 1.165) is 16.8 Å². The van der Waals surface area contributed by atoms with E-state index in [2.05, 4.69) is 5.32 Å². The minimum absolute atomic E-state index is 0.0109. The second-order valence-electron chi connectivity index (χ2n) is 5.05. The van der Waals surface area contributed by atoms with E-state index in [1.807, 2.05) is 24.3 Å². The highest BCUT2D eigenvalue weighted by Crippen LogP contribution is 2.44. The van der Waals surface area contributed by atoms with Crippen molar-refractivity contribution in [3.8, 4) is 0 Å². The summed E-state index contributed by atoms with van der Waals surface area (Å²) < 4.78 is 5.09. The van der Waals surface area contributed by atoms with Gasteiger partial charge in [0.05, 0.1) is 0 Å². The van der Waals surface area contributed by atoms with Crippen LogP contribution in [0.25, 0.3) is 0 Å². The first-order chi connectivity index (χ1) is 10.6. The van der Waals surface area contributed by atoms with Crippen molar-refractivity contribution >= 4 is 47.0 Å². The summed E-state index contributed by atoms with van der Waals surface area (Å²) in [4.78, 5) is 10.7. The number of hydrogen-bond donors (Lipinski definition) is 1. The van der Waals surface area contributed by atoms with Gasteiger partial charge in [-0.1, -0.05) is 46.9 Å². The second kappa shape index (κ2) is 6.37. The van der Waals surface area contributed by atoms with Crippen molar-refractivity contribution in [3.05, 3.63) is 62.6 Å². The largest absolute Gasteiger partial charge is 0.444 e. The highest BCUT2D eigenvalue weighted by atomic mass is 35.5. The molecule has 3 rings (SSSR count). The van der Waals surface area contributed by atoms with Crippen LogP contribution in [0.3, 0.4) is 0 Å². The van der Waals surface area contributed by atoms with Crippen LogP contribution in [0, 0.1) is 0 Å². The Hall–Kier alpha value is -1.42. The predicted octanol–water partition coefficient (Wildman–Crippen LogP) is 5.09. The Morgan fingerprint density at radius 3 is 2.50 bits per heavy atom. The molecule has 1 N–H and O–H groups in total. The smallest absolute Gasteiger partial charge is 0.294 e. The van der Waals surface area contributed by atoms with Gasteiger partial charge in [-0.05, 0) is 29.8 Å². The average molecular weight is 357 g/mol. The molecule has 2 aromatic carbocycles. The summed E-state index contributed by atoms with van der Waals surface area (Å²) in [6.07, 6.45) is 0.148. The van der Waals surface area contributed by atoms with E-state index in [1.165, 1.54) is 0 Å². The summed E-state index contributed by atoms with van der Waals surface area (Å²) in [7, 11) is 0. The average Bonchev–Trinajstić information content (AvgIpc) is 2.47. The van der Waals surface area contributed by atoms with Gasteiger partial charge in [-0.25, -0.2) is 0 Å². The van der Waals surface area contributed by atoms with Crippen molar-refractivity contribution in [1.82, 2.24) is 0 Å². The third-order valence-electron chi connectivity index (χ3n) is 3.70. The molecule has 0 saturated heterocycles. The molecule has 2 unspecified atom stereocenters. The number of rotatable bonds is 3. The van der Waals surface area contributed by atoms with E-state index in [4.69, 9.17) is 39.5 Å². The van der Waals surface area contributed by atoms with Gasteiger partial charge in [0.25, 0.3) is 6.47 Å². The Labute approximate surface area is 143 Å². The van der Waals surface area contributed by atoms with Crippen LogP contribution >= 0.6 is 34.8 Å². The second-order valence-corrected chi connectivity index (χ2v) is 6.33. The van der Waals surface area contributed by atoms with E-state index in [9.17, 15) is 4.79 Å². The van der Waals surface area contributed by atoms with Gasteiger partial charge in [-0.2, -0.15) is 0 Å². The SMILES string of the molecule is O=COC1CC(c2ccc(Cl)cc2)c2c(Cl)cc(Cl)cc2N1. The molecular weight excluding hydrogens is 345 g/mol. The van der Waals surface area contributed by atoms with Crippen LogP contribution in [-0.2, 0) is 9.53 Å². The molecule has 0 aliphatic carbocycles. The molecular formula is C16H12Cl3NO2. The van der Waals surface area contributed by atoms with Crippen LogP contribution in [0.1, 0.15) is 23.5 Å². The molecule has 1 aliphatic heterocycles. The van der Waals surface area contributed by atoms with Crippen LogP contribution in [0.4, 0.5) is 5.69 Å². The Kier molecular flexibility index (Phi) is 4.48. The Morgan fingerprint density at radius 1 is 1.09 bits per heavy atom. The van der Waals surface area contributed by atoms with Crippen molar-refractivity contribution < 1.29 is 9.53 Å². The molecule has 1 heterocycles. The third-order valence-corrected chi connectivity index (χ3v) is 4.48. The van der Waals surface area contributed by atoms with Gasteiger partial charge in [-0.15, -0.1) is 0 Å². The predicted molar refractivity (Wildman–Crippen MR) is 88.9 cm³/mol. The lowest BCUT2D eigenvalue weighted by atomic mass is 9.84. The summed E-state index contributed by atoms with van der Waals surface area (Å²) in [6, 6.07) is 11.1. The molecule has 6 heteroatoms. The first-order valence-corrected chi connectivity index (χ1v) is 7.82. The fraction of sp³-hybridized carbons (Fsp3) is 0.188. The first-order valence-electron chi connectivity index (χ1n) is 6.68. The third kappa shape index (κ3) is 3.02. The standard InChI is InChI=1S/C16H12Cl3NO2/c17-10-3-1-9(2-4-10)12-7-15(22-8-21)20-14-6-11(18)5-13(19)16(12)14/h1-6,8,12,15,20H,7H2. The number of ether oxygens (including phenoxy) is 1. The molecule has 1 aliphatic rings. The molecule has 22 heavy (non-hydrogen) atoms. The molecule has 114 valence electrons. The lowest BCUT2D eigenvalue weighted by Crippen LogP contribution is -2.31. The number of benzene rings is 2. The van der Waals surface area contributed by atoms with E-state index >= 15 is 0 Å². The van der Waals surface area contributed by atoms with Gasteiger partial charge in [0.15, 0.2) is 6.23 Å². The Balaban J connectivity index is 2.09. The number of halogens is 3. The number of fused-ring (bicyclic) bond motifs is 1. The van der Waals surface area contributed by atoms with Crippen LogP contribution in [0.2, 0.25) is 15.1 Å². The molecule has 3 nitrogen and oxygen atoms in total. The maximum Gasteiger partial charge on any atom is 0.294 e. The maximum absolute atomic E-state index is 10.7. The normalized spacial score (nSPS) is 20.0. The van der Waals surface area contributed by atoms with Gasteiger partial charge in [0, 0.05) is 38.7 Å². The van der Waals surface area contributed by atoms with Crippen LogP contribution in [-0.4, -0.2) is 12.7 Å². The zero-order valence-electron chi connectivity index (χ0n) is 11.4. The van der Waals surface area contributed by atoms with Crippen molar-refractivity contribution in [1.29, 1.82) is 0 Å². The summed E-state index contributed by atoms with van der Waals surface area (Å²) in [5.74, 6) is -0.0109. The van der Waals surface area contributed by atoms with E-state index in [-0.39, 0.29) is 5.92 Å². The zero-order valence-corrected chi connectivity index (χ0v) is 13.6. The summed E-state index contributed by atoms with van der Waals surface area (Å²) in [5, 5.41) is 4.92. The first kappa shape index (κ1) is 15.5. The summed E-state index contributed by atoms with van der Waals surface area (Å²) in [5.41, 5.74) is 2.77. The molecule has 0 aromatic heterocycles. The molecule has 0 fully saturated rings. The molecule has 0 bridgehead atoms. The van der Waals surface area contributed by atoms with Gasteiger partial charge in [-0.3, -0.25) is 4.79 Å². The molecule has 0 radical (unpaired) electrons. The summed E-state index contributed by atoms with van der Waals surface area (Å²) in [6.45, 7) is 0.438. The van der Waals surface area contributed by atoms with E-state index in [1.54, 1.807) is 12.1 Å². The highest BCUT2D eigenvalue weighted by molar-refractivity contribution is 6.35. The Bertz CT molecular complexity index is 703. The number of nitrogens with one attached hydrogen (secondary N) is 1. The van der Waals surface area contributed by atoms with Crippen molar-refractivity contribution in [2.24, 2.45) is 0 Å². The van der Waals surface area contributed by atoms with Crippen molar-refractivity contribution in [3.63, 3.8) is 0 Å². The van der Waals surface area contributed by atoms with Crippen LogP contribution in [0.15, 0.2) is 36.4 Å². The summed E-state index contributed by atoms with van der Waals surface area (Å²) >= 11 is 18.4. The number of hydrogen-bond acceptors (Lipinski definition) is 3. The topological polar surface area (TPSA) is 38.3 Å². The minimum Gasteiger partial charge on any atom is -0.444 e. The molecule has 2 aromatic rings. The molecule has 0 spiro atoms. The quantitative estimate of drug-likeness (QED) is 0.778. The van der Waals surface area contributed by atoms with E-state index in [0.29, 0.717) is 28.0 Å². The fourth-order valence-corrected chi connectivity index (χ4v) is 3.53. The zero-order chi connectivity index (χ0) is 15.7. The molecule has 0 saturated carbocycles. The van der Waals surface area contributed by atoms with E-state index < -0.39 is 6.23 Å². The monoisotopic (exact) mass is 355 g/mol. The number of carbonyl (C=O) groups excluding carboxylic acids is 1. The lowest BCUT2D eigenvalue weighted by molar-refractivity contribution is -0.132. The fourth-order valence-electron chi connectivity index (χ4n) is 2.78. The minimum atomic E-state index is -0.430.